The van der Waals surface area contributed by atoms with Crippen LogP contribution in [0.5, 0.6) is 0 Å². The summed E-state index contributed by atoms with van der Waals surface area (Å²) in [4.78, 5) is 37.7. The third-order valence-corrected chi connectivity index (χ3v) is 4.77. The van der Waals surface area contributed by atoms with Gasteiger partial charge in [0.05, 0.1) is 12.2 Å². The maximum Gasteiger partial charge on any atom is 0.342 e. The monoisotopic (exact) mass is 420 g/mol. The fraction of sp³-hybridized carbons (Fsp3) is 0.217. The van der Waals surface area contributed by atoms with E-state index in [1.807, 2.05) is 61.5 Å². The highest BCUT2D eigenvalue weighted by Gasteiger charge is 2.22. The first-order valence-electron chi connectivity index (χ1n) is 9.73. The van der Waals surface area contributed by atoms with E-state index in [1.54, 1.807) is 10.9 Å². The fourth-order valence-corrected chi connectivity index (χ4v) is 2.97. The molecule has 3 rings (SSSR count). The van der Waals surface area contributed by atoms with Crippen LogP contribution in [0, 0.1) is 6.92 Å². The van der Waals surface area contributed by atoms with Crippen molar-refractivity contribution in [1.82, 2.24) is 20.0 Å². The lowest BCUT2D eigenvalue weighted by atomic mass is 10.0. The normalized spacial score (nSPS) is 10.4. The van der Waals surface area contributed by atoms with E-state index < -0.39 is 18.5 Å². The van der Waals surface area contributed by atoms with E-state index in [-0.39, 0.29) is 18.0 Å². The zero-order valence-corrected chi connectivity index (χ0v) is 17.7. The quantitative estimate of drug-likeness (QED) is 0.592. The number of carbonyl (C=O) groups is 3. The van der Waals surface area contributed by atoms with Crippen molar-refractivity contribution in [3.63, 3.8) is 0 Å². The number of aromatic nitrogens is 2. The predicted octanol–water partition coefficient (Wildman–Crippen LogP) is 2.21. The molecule has 8 nitrogen and oxygen atoms in total. The minimum absolute atomic E-state index is 0.118. The third kappa shape index (κ3) is 5.16. The molecule has 1 heterocycles. The molecular formula is C23H24N4O4. The zero-order valence-electron chi connectivity index (χ0n) is 17.7. The molecule has 0 saturated carbocycles. The molecule has 160 valence electrons. The Morgan fingerprint density at radius 1 is 1.06 bits per heavy atom. The number of amides is 2. The number of hydrogen-bond acceptors (Lipinski definition) is 5. The second kappa shape index (κ2) is 9.71. The average Bonchev–Trinajstić information content (AvgIpc) is 3.23. The maximum absolute atomic E-state index is 12.9. The Kier molecular flexibility index (Phi) is 6.81. The number of nitrogens with one attached hydrogen (secondary N) is 1. The Labute approximate surface area is 180 Å². The van der Waals surface area contributed by atoms with Gasteiger partial charge < -0.3 is 15.0 Å². The van der Waals surface area contributed by atoms with Gasteiger partial charge in [0.15, 0.2) is 6.61 Å². The van der Waals surface area contributed by atoms with Gasteiger partial charge in [-0.2, -0.15) is 5.10 Å². The number of likely N-dealkylation sites (N-methyl/N-ethyl adjacent to an activating group) is 2. The summed E-state index contributed by atoms with van der Waals surface area (Å²) in [6.07, 6.45) is 1.60. The molecule has 2 amide bonds. The highest BCUT2D eigenvalue weighted by atomic mass is 16.5. The third-order valence-electron chi connectivity index (χ3n) is 4.77. The van der Waals surface area contributed by atoms with Gasteiger partial charge >= 0.3 is 5.97 Å². The molecule has 0 spiro atoms. The second-order valence-corrected chi connectivity index (χ2v) is 6.99. The van der Waals surface area contributed by atoms with Crippen LogP contribution in [-0.4, -0.2) is 59.7 Å². The molecule has 0 aliphatic carbocycles. The van der Waals surface area contributed by atoms with Gasteiger partial charge in [0.2, 0.25) is 5.91 Å². The van der Waals surface area contributed by atoms with E-state index in [0.29, 0.717) is 5.69 Å². The van der Waals surface area contributed by atoms with Crippen molar-refractivity contribution in [2.75, 3.05) is 27.2 Å². The molecule has 1 N–H and O–H groups in total. The van der Waals surface area contributed by atoms with Gasteiger partial charge in [-0.1, -0.05) is 42.5 Å². The molecule has 0 aliphatic rings. The number of nitrogens with zero attached hydrogens (tertiary/aromatic N) is 3. The van der Waals surface area contributed by atoms with Crippen molar-refractivity contribution in [3.8, 4) is 16.9 Å². The first-order chi connectivity index (χ1) is 14.9. The van der Waals surface area contributed by atoms with Crippen LogP contribution in [0.3, 0.4) is 0 Å². The van der Waals surface area contributed by atoms with Crippen LogP contribution in [-0.2, 0) is 14.3 Å². The summed E-state index contributed by atoms with van der Waals surface area (Å²) in [7, 11) is 2.95. The van der Waals surface area contributed by atoms with E-state index in [0.717, 1.165) is 16.8 Å². The number of carbonyl (C=O) groups excluding carboxylic acids is 3. The van der Waals surface area contributed by atoms with E-state index in [2.05, 4.69) is 10.4 Å². The van der Waals surface area contributed by atoms with Gasteiger partial charge in [-0.15, -0.1) is 0 Å². The van der Waals surface area contributed by atoms with Crippen LogP contribution >= 0.6 is 0 Å². The number of para-hydroxylation sites is 1. The van der Waals surface area contributed by atoms with Crippen LogP contribution in [0.15, 0.2) is 60.8 Å². The number of esters is 1. The molecule has 0 saturated heterocycles. The lowest BCUT2D eigenvalue weighted by Gasteiger charge is -2.15. The van der Waals surface area contributed by atoms with Gasteiger partial charge in [0.25, 0.3) is 5.91 Å². The van der Waals surface area contributed by atoms with Gasteiger partial charge in [-0.3, -0.25) is 9.59 Å². The summed E-state index contributed by atoms with van der Waals surface area (Å²) in [5.74, 6) is -1.46. The number of rotatable bonds is 7. The molecule has 0 aliphatic heterocycles. The summed E-state index contributed by atoms with van der Waals surface area (Å²) < 4.78 is 6.87. The van der Waals surface area contributed by atoms with Gasteiger partial charge in [-0.25, -0.2) is 9.48 Å². The largest absolute Gasteiger partial charge is 0.452 e. The summed E-state index contributed by atoms with van der Waals surface area (Å²) in [5, 5.41) is 7.05. The molecule has 8 heteroatoms. The first kappa shape index (κ1) is 21.8. The Morgan fingerprint density at radius 3 is 2.42 bits per heavy atom. The van der Waals surface area contributed by atoms with Gasteiger partial charge in [-0.05, 0) is 24.6 Å². The summed E-state index contributed by atoms with van der Waals surface area (Å²) in [6.45, 7) is 1.34. The number of hydrogen-bond donors (Lipinski definition) is 1. The van der Waals surface area contributed by atoms with Crippen molar-refractivity contribution in [2.24, 2.45) is 0 Å². The van der Waals surface area contributed by atoms with Crippen molar-refractivity contribution >= 4 is 17.8 Å². The standard InChI is InChI=1S/C23H24N4O4/c1-16-9-7-8-12-18(16)22-19(13-27(25-22)17-10-5-4-6-11-17)23(30)31-15-21(29)26(3)14-20(28)24-2/h4-13H,14-15H2,1-3H3,(H,24,28). The van der Waals surface area contributed by atoms with Crippen LogP contribution in [0.25, 0.3) is 16.9 Å². The Hall–Kier alpha value is -3.94. The highest BCUT2D eigenvalue weighted by Crippen LogP contribution is 2.27. The molecule has 31 heavy (non-hydrogen) atoms. The average molecular weight is 420 g/mol. The molecule has 0 atom stereocenters. The Balaban J connectivity index is 1.86. The molecule has 0 unspecified atom stereocenters. The summed E-state index contributed by atoms with van der Waals surface area (Å²) in [6, 6.07) is 17.0. The topological polar surface area (TPSA) is 93.5 Å². The molecule has 0 bridgehead atoms. The van der Waals surface area contributed by atoms with Crippen molar-refractivity contribution in [2.45, 2.75) is 6.92 Å². The maximum atomic E-state index is 12.9. The minimum atomic E-state index is -0.665. The Morgan fingerprint density at radius 2 is 1.74 bits per heavy atom. The van der Waals surface area contributed by atoms with Crippen LogP contribution in [0.4, 0.5) is 0 Å². The van der Waals surface area contributed by atoms with Gasteiger partial charge in [0, 0.05) is 25.9 Å². The lowest BCUT2D eigenvalue weighted by molar-refractivity contribution is -0.137. The number of aryl methyl sites for hydroxylation is 1. The van der Waals surface area contributed by atoms with Gasteiger partial charge in [0.1, 0.15) is 11.3 Å². The zero-order chi connectivity index (χ0) is 22.4. The molecule has 0 radical (unpaired) electrons. The molecule has 2 aromatic carbocycles. The SMILES string of the molecule is CNC(=O)CN(C)C(=O)COC(=O)c1cn(-c2ccccc2)nc1-c1ccccc1C. The smallest absolute Gasteiger partial charge is 0.342 e. The Bertz CT molecular complexity index is 1090. The first-order valence-corrected chi connectivity index (χ1v) is 9.73. The number of benzene rings is 2. The number of ether oxygens (including phenoxy) is 1. The molecule has 3 aromatic rings. The van der Waals surface area contributed by atoms with E-state index >= 15 is 0 Å². The van der Waals surface area contributed by atoms with E-state index in [9.17, 15) is 14.4 Å². The molecular weight excluding hydrogens is 396 g/mol. The predicted molar refractivity (Wildman–Crippen MR) is 116 cm³/mol. The highest BCUT2D eigenvalue weighted by molar-refractivity contribution is 5.97. The van der Waals surface area contributed by atoms with E-state index in [4.69, 9.17) is 4.74 Å². The lowest BCUT2D eigenvalue weighted by Crippen LogP contribution is -2.39. The van der Waals surface area contributed by atoms with Crippen molar-refractivity contribution in [1.29, 1.82) is 0 Å². The second-order valence-electron chi connectivity index (χ2n) is 6.99. The van der Waals surface area contributed by atoms with Crippen LogP contribution in [0.1, 0.15) is 15.9 Å². The summed E-state index contributed by atoms with van der Waals surface area (Å²) >= 11 is 0. The van der Waals surface area contributed by atoms with Crippen LogP contribution < -0.4 is 5.32 Å². The van der Waals surface area contributed by atoms with Crippen molar-refractivity contribution < 1.29 is 19.1 Å². The molecule has 0 fully saturated rings. The fourth-order valence-electron chi connectivity index (χ4n) is 2.97. The molecule has 1 aromatic heterocycles. The summed E-state index contributed by atoms with van der Waals surface area (Å²) in [5.41, 5.74) is 3.26. The van der Waals surface area contributed by atoms with E-state index in [1.165, 1.54) is 19.0 Å². The van der Waals surface area contributed by atoms with Crippen LogP contribution in [0.2, 0.25) is 0 Å². The van der Waals surface area contributed by atoms with Crippen molar-refractivity contribution in [3.05, 3.63) is 71.9 Å². The minimum Gasteiger partial charge on any atom is -0.452 e.